The summed E-state index contributed by atoms with van der Waals surface area (Å²) in [5.74, 6) is 0.590. The molecule has 0 saturated carbocycles. The summed E-state index contributed by atoms with van der Waals surface area (Å²) in [6.45, 7) is -2.42. The van der Waals surface area contributed by atoms with Crippen molar-refractivity contribution in [3.8, 4) is 5.75 Å². The first-order valence-corrected chi connectivity index (χ1v) is 3.22. The molecule has 0 aliphatic carbocycles. The highest BCUT2D eigenvalue weighted by Gasteiger charge is 1.91. The molecule has 1 rings (SSSR count). The van der Waals surface area contributed by atoms with Crippen molar-refractivity contribution in [3.63, 3.8) is 0 Å². The van der Waals surface area contributed by atoms with Crippen LogP contribution in [0.1, 0.15) is 11.0 Å². The molecule has 2 heteroatoms. The van der Waals surface area contributed by atoms with Gasteiger partial charge < -0.3 is 10.5 Å². The van der Waals surface area contributed by atoms with Gasteiger partial charge in [-0.25, -0.2) is 0 Å². The Morgan fingerprint density at radius 2 is 2.09 bits per heavy atom. The van der Waals surface area contributed by atoms with Crippen LogP contribution in [-0.2, 0) is 6.37 Å². The molecule has 2 N–H and O–H groups in total. The number of hydrogen-bond acceptors (Lipinski definition) is 2. The first-order valence-electron chi connectivity index (χ1n) is 5.22. The van der Waals surface area contributed by atoms with Crippen molar-refractivity contribution >= 4 is 0 Å². The Kier molecular flexibility index (Phi) is 1.49. The maximum absolute atomic E-state index is 7.57. The summed E-state index contributed by atoms with van der Waals surface area (Å²) in [6.07, 6.45) is -2.22. The first-order chi connectivity index (χ1) is 6.79. The Hall–Kier alpha value is -1.02. The summed E-state index contributed by atoms with van der Waals surface area (Å²) in [7, 11) is 1.51. The Balaban J connectivity index is 3.06. The highest BCUT2D eigenvalue weighted by atomic mass is 16.5. The van der Waals surface area contributed by atoms with Gasteiger partial charge in [0.15, 0.2) is 0 Å². The van der Waals surface area contributed by atoms with Crippen LogP contribution in [0.2, 0.25) is 0 Å². The zero-order chi connectivity index (χ0) is 11.7. The molecule has 1 aromatic rings. The van der Waals surface area contributed by atoms with Crippen molar-refractivity contribution in [2.45, 2.75) is 6.37 Å². The monoisotopic (exact) mass is 155 g/mol. The molecule has 11 heavy (non-hydrogen) atoms. The summed E-state index contributed by atoms with van der Waals surface area (Å²) in [5, 5.41) is 0. The molecule has 0 aliphatic heterocycles. The minimum absolute atomic E-state index is 0.191. The molecule has 1 aromatic carbocycles. The van der Waals surface area contributed by atoms with Gasteiger partial charge in [-0.15, -0.1) is 0 Å². The molecule has 0 aliphatic rings. The molecular weight excluding hydrogens is 138 g/mol. The number of hydrogen-bond donors (Lipinski definition) is 1. The van der Waals surface area contributed by atoms with Gasteiger partial charge in [0, 0.05) is 5.48 Å². The highest BCUT2D eigenvalue weighted by molar-refractivity contribution is 5.27. The Morgan fingerprint density at radius 1 is 1.45 bits per heavy atom. The van der Waals surface area contributed by atoms with Crippen molar-refractivity contribution in [3.05, 3.63) is 29.8 Å². The van der Waals surface area contributed by atoms with Crippen LogP contribution in [0.5, 0.6) is 5.75 Å². The SMILES string of the molecule is [2H]C([2H])(N)C([2H])([2H])c1ccc(OC)cc1. The smallest absolute Gasteiger partial charge is 0.118 e. The van der Waals surface area contributed by atoms with Crippen LogP contribution in [-0.4, -0.2) is 13.6 Å². The number of aryl methyl sites for hydroxylation is 1. The van der Waals surface area contributed by atoms with Gasteiger partial charge in [0.25, 0.3) is 0 Å². The number of rotatable bonds is 3. The van der Waals surface area contributed by atoms with Crippen LogP contribution in [0.25, 0.3) is 0 Å². The molecule has 0 unspecified atom stereocenters. The number of ether oxygens (including phenoxy) is 1. The second kappa shape index (κ2) is 3.98. The Morgan fingerprint density at radius 3 is 2.55 bits per heavy atom. The van der Waals surface area contributed by atoms with Gasteiger partial charge >= 0.3 is 0 Å². The van der Waals surface area contributed by atoms with Crippen LogP contribution in [0.4, 0.5) is 0 Å². The molecule has 0 amide bonds. The molecule has 0 atom stereocenters. The van der Waals surface area contributed by atoms with E-state index in [4.69, 9.17) is 16.0 Å². The molecule has 2 nitrogen and oxygen atoms in total. The van der Waals surface area contributed by atoms with E-state index < -0.39 is 12.9 Å². The summed E-state index contributed by atoms with van der Waals surface area (Å²) >= 11 is 0. The van der Waals surface area contributed by atoms with E-state index in [-0.39, 0.29) is 5.56 Å². The van der Waals surface area contributed by atoms with E-state index in [0.717, 1.165) is 0 Å². The number of benzene rings is 1. The minimum atomic E-state index is -2.42. The summed E-state index contributed by atoms with van der Waals surface area (Å²) in [6, 6.07) is 6.06. The topological polar surface area (TPSA) is 35.2 Å². The average Bonchev–Trinajstić information content (AvgIpc) is 2.16. The Bertz CT molecular complexity index is 331. The lowest BCUT2D eigenvalue weighted by molar-refractivity contribution is 0.414. The molecule has 0 spiro atoms. The fourth-order valence-corrected chi connectivity index (χ4v) is 0.758. The van der Waals surface area contributed by atoms with Crippen LogP contribution in [0, 0.1) is 0 Å². The fraction of sp³-hybridized carbons (Fsp3) is 0.333. The third-order valence-corrected chi connectivity index (χ3v) is 1.31. The normalized spacial score (nSPS) is 17.6. The maximum Gasteiger partial charge on any atom is 0.118 e. The largest absolute Gasteiger partial charge is 0.497 e. The van der Waals surface area contributed by atoms with E-state index in [1.807, 2.05) is 0 Å². The lowest BCUT2D eigenvalue weighted by Gasteiger charge is -2.00. The highest BCUT2D eigenvalue weighted by Crippen LogP contribution is 2.10. The lowest BCUT2D eigenvalue weighted by Crippen LogP contribution is -2.02. The molecule has 0 saturated heterocycles. The van der Waals surface area contributed by atoms with E-state index in [9.17, 15) is 0 Å². The van der Waals surface area contributed by atoms with Crippen molar-refractivity contribution in [2.75, 3.05) is 13.6 Å². The van der Waals surface area contributed by atoms with E-state index >= 15 is 0 Å². The first kappa shape index (κ1) is 4.12. The molecule has 0 aromatic heterocycles. The third kappa shape index (κ3) is 2.24. The summed E-state index contributed by atoms with van der Waals surface area (Å²) < 4.78 is 34.5. The van der Waals surface area contributed by atoms with Gasteiger partial charge in [-0.3, -0.25) is 0 Å². The van der Waals surface area contributed by atoms with E-state index in [1.54, 1.807) is 12.1 Å². The van der Waals surface area contributed by atoms with E-state index in [1.165, 1.54) is 19.2 Å². The average molecular weight is 155 g/mol. The van der Waals surface area contributed by atoms with Gasteiger partial charge in [-0.05, 0) is 30.6 Å². The van der Waals surface area contributed by atoms with Gasteiger partial charge in [0.2, 0.25) is 0 Å². The fourth-order valence-electron chi connectivity index (χ4n) is 0.758. The van der Waals surface area contributed by atoms with Gasteiger partial charge in [0.1, 0.15) is 5.75 Å². The van der Waals surface area contributed by atoms with Crippen molar-refractivity contribution in [1.29, 1.82) is 0 Å². The summed E-state index contributed by atoms with van der Waals surface area (Å²) in [4.78, 5) is 0. The number of nitrogens with two attached hydrogens (primary N) is 1. The van der Waals surface area contributed by atoms with Crippen LogP contribution in [0.3, 0.4) is 0 Å². The van der Waals surface area contributed by atoms with Gasteiger partial charge in [-0.1, -0.05) is 12.1 Å². The molecule has 0 heterocycles. The lowest BCUT2D eigenvalue weighted by atomic mass is 10.1. The molecule has 0 fully saturated rings. The van der Waals surface area contributed by atoms with E-state index in [0.29, 0.717) is 5.75 Å². The molecule has 0 radical (unpaired) electrons. The van der Waals surface area contributed by atoms with Crippen molar-refractivity contribution in [1.82, 2.24) is 0 Å². The van der Waals surface area contributed by atoms with Crippen LogP contribution >= 0.6 is 0 Å². The molecular formula is C9H13NO. The molecule has 60 valence electrons. The zero-order valence-corrected chi connectivity index (χ0v) is 6.29. The molecule has 0 bridgehead atoms. The van der Waals surface area contributed by atoms with Crippen molar-refractivity contribution in [2.24, 2.45) is 5.73 Å². The van der Waals surface area contributed by atoms with Gasteiger partial charge in [-0.2, -0.15) is 0 Å². The van der Waals surface area contributed by atoms with Crippen LogP contribution < -0.4 is 10.5 Å². The second-order valence-electron chi connectivity index (χ2n) is 2.00. The minimum Gasteiger partial charge on any atom is -0.497 e. The predicted molar refractivity (Wildman–Crippen MR) is 45.8 cm³/mol. The van der Waals surface area contributed by atoms with Crippen molar-refractivity contribution < 1.29 is 10.2 Å². The van der Waals surface area contributed by atoms with E-state index in [2.05, 4.69) is 0 Å². The third-order valence-electron chi connectivity index (χ3n) is 1.31. The quantitative estimate of drug-likeness (QED) is 0.711. The zero-order valence-electron chi connectivity index (χ0n) is 10.3. The number of methoxy groups -OCH3 is 1. The summed E-state index contributed by atoms with van der Waals surface area (Å²) in [5.41, 5.74) is 5.33. The van der Waals surface area contributed by atoms with Crippen LogP contribution in [0.15, 0.2) is 24.3 Å². The second-order valence-corrected chi connectivity index (χ2v) is 2.00. The van der Waals surface area contributed by atoms with Gasteiger partial charge in [0.05, 0.1) is 7.11 Å². The maximum atomic E-state index is 7.57. The standard InChI is InChI=1S/C9H13NO/c1-11-9-4-2-8(3-5-9)6-7-10/h2-5H,6-7,10H2,1H3/i6D2,7D2. The Labute approximate surface area is 72.6 Å². The predicted octanol–water partition coefficient (Wildman–Crippen LogP) is 1.20.